The molecular formula is C19H16ClN9O2S. The van der Waals surface area contributed by atoms with E-state index in [2.05, 4.69) is 40.8 Å². The average molecular weight is 470 g/mol. The van der Waals surface area contributed by atoms with Gasteiger partial charge in [-0.15, -0.1) is 16.9 Å². The van der Waals surface area contributed by atoms with Crippen LogP contribution in [0.2, 0.25) is 5.02 Å². The summed E-state index contributed by atoms with van der Waals surface area (Å²) < 4.78 is 5.98. The van der Waals surface area contributed by atoms with Crippen LogP contribution in [0.1, 0.15) is 28.8 Å². The minimum atomic E-state index is -0.548. The highest BCUT2D eigenvalue weighted by molar-refractivity contribution is 7.98. The lowest BCUT2D eigenvalue weighted by atomic mass is 10.3. The number of pyridine rings is 1. The first-order valence-corrected chi connectivity index (χ1v) is 10.6. The molecule has 0 radical (unpaired) electrons. The predicted octanol–water partition coefficient (Wildman–Crippen LogP) is 2.73. The van der Waals surface area contributed by atoms with Crippen molar-refractivity contribution in [2.24, 2.45) is 5.10 Å². The number of thioether (sulfide) groups is 1. The molecule has 11 nitrogen and oxygen atoms in total. The maximum absolute atomic E-state index is 12.9. The molecule has 1 aromatic carbocycles. The molecule has 32 heavy (non-hydrogen) atoms. The molecule has 13 heteroatoms. The van der Waals surface area contributed by atoms with E-state index >= 15 is 0 Å². The Morgan fingerprint density at radius 1 is 1.25 bits per heavy atom. The number of nitrogens with two attached hydrogens (primary N) is 1. The van der Waals surface area contributed by atoms with Gasteiger partial charge in [0.1, 0.15) is 0 Å². The smallest absolute Gasteiger partial charge is 0.293 e. The SMILES string of the molecule is CC(=NNC(=O)c1nnn(-c2nonc2N)c1CSc1ccc(Cl)cc1)c1ccccn1. The number of hydrogen-bond donors (Lipinski definition) is 2. The molecule has 0 atom stereocenters. The number of carbonyl (C=O) groups excluding carboxylic acids is 1. The van der Waals surface area contributed by atoms with Crippen molar-refractivity contribution in [2.75, 3.05) is 5.73 Å². The Bertz CT molecular complexity index is 1260. The summed E-state index contributed by atoms with van der Waals surface area (Å²) in [6, 6.07) is 12.7. The molecule has 3 aromatic heterocycles. The van der Waals surface area contributed by atoms with Crippen LogP contribution in [-0.4, -0.2) is 41.9 Å². The number of amides is 1. The number of anilines is 1. The standard InChI is InChI=1S/C19H16ClN9O2S/c1-11(14-4-2-3-9-22-14)23-25-19(30)16-15(10-32-13-7-5-12(20)6-8-13)29(28-24-16)18-17(21)26-31-27-18/h2-9H,10H2,1H3,(H2,21,26)(H,25,30). The maximum Gasteiger partial charge on any atom is 0.293 e. The third kappa shape index (κ3) is 4.76. The van der Waals surface area contributed by atoms with E-state index in [1.165, 1.54) is 16.4 Å². The molecule has 0 saturated heterocycles. The average Bonchev–Trinajstić information content (AvgIpc) is 3.43. The lowest BCUT2D eigenvalue weighted by Gasteiger charge is -2.06. The van der Waals surface area contributed by atoms with Crippen LogP contribution in [0.3, 0.4) is 0 Å². The zero-order valence-corrected chi connectivity index (χ0v) is 18.2. The van der Waals surface area contributed by atoms with Crippen molar-refractivity contribution >= 4 is 40.8 Å². The van der Waals surface area contributed by atoms with Crippen LogP contribution in [0.5, 0.6) is 0 Å². The van der Waals surface area contributed by atoms with Crippen molar-refractivity contribution in [3.8, 4) is 5.82 Å². The van der Waals surface area contributed by atoms with Gasteiger partial charge in [-0.05, 0) is 53.6 Å². The zero-order chi connectivity index (χ0) is 22.5. The van der Waals surface area contributed by atoms with Gasteiger partial charge in [-0.25, -0.2) is 10.1 Å². The summed E-state index contributed by atoms with van der Waals surface area (Å²) in [5.74, 6) is -0.0691. The quantitative estimate of drug-likeness (QED) is 0.236. The van der Waals surface area contributed by atoms with E-state index in [9.17, 15) is 4.79 Å². The van der Waals surface area contributed by atoms with Gasteiger partial charge in [0.2, 0.25) is 11.6 Å². The van der Waals surface area contributed by atoms with Gasteiger partial charge in [-0.2, -0.15) is 9.78 Å². The number of benzene rings is 1. The number of nitrogens with zero attached hydrogens (tertiary/aromatic N) is 7. The normalized spacial score (nSPS) is 11.5. The summed E-state index contributed by atoms with van der Waals surface area (Å²) in [6.07, 6.45) is 1.64. The lowest BCUT2D eigenvalue weighted by molar-refractivity contribution is 0.0949. The molecule has 3 heterocycles. The number of nitrogen functional groups attached to an aromatic ring is 1. The van der Waals surface area contributed by atoms with E-state index in [1.807, 2.05) is 18.2 Å². The van der Waals surface area contributed by atoms with Gasteiger partial charge >= 0.3 is 0 Å². The molecule has 0 fully saturated rings. The first-order valence-electron chi connectivity index (χ1n) is 9.20. The number of hydrazone groups is 1. The Kier molecular flexibility index (Phi) is 6.42. The van der Waals surface area contributed by atoms with Crippen LogP contribution in [0.15, 0.2) is 63.3 Å². The van der Waals surface area contributed by atoms with Crippen LogP contribution in [0.25, 0.3) is 5.82 Å². The van der Waals surface area contributed by atoms with Crippen LogP contribution in [0.4, 0.5) is 5.82 Å². The Balaban J connectivity index is 1.60. The number of rotatable bonds is 7. The molecule has 162 valence electrons. The Labute approximate surface area is 191 Å². The van der Waals surface area contributed by atoms with Crippen molar-refractivity contribution in [3.05, 3.63) is 70.8 Å². The second kappa shape index (κ2) is 9.58. The summed E-state index contributed by atoms with van der Waals surface area (Å²) in [6.45, 7) is 1.73. The van der Waals surface area contributed by atoms with E-state index < -0.39 is 5.91 Å². The minimum Gasteiger partial charge on any atom is -0.378 e. The highest BCUT2D eigenvalue weighted by Gasteiger charge is 2.24. The summed E-state index contributed by atoms with van der Waals surface area (Å²) in [7, 11) is 0. The van der Waals surface area contributed by atoms with Gasteiger partial charge < -0.3 is 5.73 Å². The van der Waals surface area contributed by atoms with Gasteiger partial charge in [-0.3, -0.25) is 9.78 Å². The Morgan fingerprint density at radius 2 is 2.06 bits per heavy atom. The largest absolute Gasteiger partial charge is 0.378 e. The number of carbonyl (C=O) groups is 1. The monoisotopic (exact) mass is 469 g/mol. The van der Waals surface area contributed by atoms with Gasteiger partial charge in [-0.1, -0.05) is 22.9 Å². The molecule has 0 spiro atoms. The lowest BCUT2D eigenvalue weighted by Crippen LogP contribution is -2.21. The number of hydrogen-bond acceptors (Lipinski definition) is 10. The summed E-state index contributed by atoms with van der Waals surface area (Å²) in [5, 5.41) is 20.1. The molecule has 0 bridgehead atoms. The predicted molar refractivity (Wildman–Crippen MR) is 119 cm³/mol. The van der Waals surface area contributed by atoms with E-state index in [0.29, 0.717) is 27.9 Å². The van der Waals surface area contributed by atoms with E-state index in [0.717, 1.165) is 4.90 Å². The molecule has 0 aliphatic rings. The molecule has 0 saturated carbocycles. The van der Waals surface area contributed by atoms with Crippen molar-refractivity contribution < 1.29 is 9.42 Å². The molecule has 1 amide bonds. The fraction of sp³-hybridized carbons (Fsp3) is 0.105. The Morgan fingerprint density at radius 3 is 2.75 bits per heavy atom. The molecule has 3 N–H and O–H groups in total. The summed E-state index contributed by atoms with van der Waals surface area (Å²) >= 11 is 7.40. The second-order valence-electron chi connectivity index (χ2n) is 6.37. The van der Waals surface area contributed by atoms with Crippen molar-refractivity contribution in [3.63, 3.8) is 0 Å². The van der Waals surface area contributed by atoms with Gasteiger partial charge in [0.15, 0.2) is 5.69 Å². The molecule has 0 aliphatic heterocycles. The van der Waals surface area contributed by atoms with Crippen molar-refractivity contribution in [1.82, 2.24) is 35.7 Å². The second-order valence-corrected chi connectivity index (χ2v) is 7.85. The minimum absolute atomic E-state index is 0.0172. The third-order valence-corrected chi connectivity index (χ3v) is 5.50. The molecule has 4 aromatic rings. The van der Waals surface area contributed by atoms with Crippen molar-refractivity contribution in [2.45, 2.75) is 17.6 Å². The van der Waals surface area contributed by atoms with Crippen LogP contribution in [0, 0.1) is 0 Å². The van der Waals surface area contributed by atoms with Crippen molar-refractivity contribution in [1.29, 1.82) is 0 Å². The number of aromatic nitrogens is 6. The number of nitrogens with one attached hydrogen (secondary N) is 1. The highest BCUT2D eigenvalue weighted by Crippen LogP contribution is 2.27. The first kappa shape index (κ1) is 21.5. The molecule has 4 rings (SSSR count). The van der Waals surface area contributed by atoms with Crippen LogP contribution < -0.4 is 11.2 Å². The van der Waals surface area contributed by atoms with E-state index in [1.54, 1.807) is 37.4 Å². The summed E-state index contributed by atoms with van der Waals surface area (Å²) in [4.78, 5) is 18.0. The maximum atomic E-state index is 12.9. The topological polar surface area (TPSA) is 150 Å². The van der Waals surface area contributed by atoms with Gasteiger partial charge in [0.25, 0.3) is 5.91 Å². The van der Waals surface area contributed by atoms with E-state index in [4.69, 9.17) is 17.3 Å². The van der Waals surface area contributed by atoms with Gasteiger partial charge in [0.05, 0.1) is 17.1 Å². The third-order valence-electron chi connectivity index (χ3n) is 4.22. The van der Waals surface area contributed by atoms with Crippen LogP contribution >= 0.6 is 23.4 Å². The highest BCUT2D eigenvalue weighted by atomic mass is 35.5. The van der Waals surface area contributed by atoms with E-state index in [-0.39, 0.29) is 17.3 Å². The first-order chi connectivity index (χ1) is 15.5. The Hall–Kier alpha value is -3.77. The fourth-order valence-electron chi connectivity index (χ4n) is 2.62. The van der Waals surface area contributed by atoms with Crippen LogP contribution in [-0.2, 0) is 5.75 Å². The van der Waals surface area contributed by atoms with Gasteiger partial charge in [0, 0.05) is 21.9 Å². The zero-order valence-electron chi connectivity index (χ0n) is 16.6. The molecular weight excluding hydrogens is 454 g/mol. The fourth-order valence-corrected chi connectivity index (χ4v) is 3.64. The molecule has 0 aliphatic carbocycles. The number of halogens is 1. The summed E-state index contributed by atoms with van der Waals surface area (Å²) in [5.41, 5.74) is 9.97. The molecule has 0 unspecified atom stereocenters.